The summed E-state index contributed by atoms with van der Waals surface area (Å²) < 4.78 is 19.0. The van der Waals surface area contributed by atoms with E-state index in [1.807, 2.05) is 0 Å². The first-order valence-corrected chi connectivity index (χ1v) is 7.38. The van der Waals surface area contributed by atoms with Gasteiger partial charge in [-0.2, -0.15) is 0 Å². The predicted molar refractivity (Wildman–Crippen MR) is 89.8 cm³/mol. The van der Waals surface area contributed by atoms with Gasteiger partial charge in [-0.05, 0) is 6.07 Å². The largest absolute Gasteiger partial charge is 0.464 e. The minimum atomic E-state index is -0.983. The average molecular weight is 399 g/mol. The van der Waals surface area contributed by atoms with Crippen molar-refractivity contribution in [2.75, 3.05) is 18.6 Å². The molecule has 4 N–H and O–H groups in total. The summed E-state index contributed by atoms with van der Waals surface area (Å²) in [6.45, 7) is 0. The molecule has 0 bridgehead atoms. The summed E-state index contributed by atoms with van der Waals surface area (Å²) in [5.74, 6) is -1.88. The molecule has 0 aliphatic heterocycles. The first kappa shape index (κ1) is 17.9. The highest BCUT2D eigenvalue weighted by atomic mass is 35.5. The Morgan fingerprint density at radius 1 is 1.13 bits per heavy atom. The lowest BCUT2D eigenvalue weighted by Crippen LogP contribution is -2.11. The molecule has 0 saturated heterocycles. The van der Waals surface area contributed by atoms with Crippen molar-refractivity contribution in [3.05, 3.63) is 37.7 Å². The van der Waals surface area contributed by atoms with Crippen LogP contribution in [0.25, 0.3) is 11.3 Å². The molecule has 0 fully saturated rings. The van der Waals surface area contributed by atoms with Crippen molar-refractivity contribution in [1.29, 1.82) is 0 Å². The molecule has 10 heteroatoms. The van der Waals surface area contributed by atoms with Crippen LogP contribution >= 0.6 is 46.4 Å². The summed E-state index contributed by atoms with van der Waals surface area (Å²) in [7, 11) is 1.12. The van der Waals surface area contributed by atoms with Crippen LogP contribution in [0.1, 0.15) is 10.5 Å². The first-order valence-electron chi connectivity index (χ1n) is 5.86. The maximum atomic E-state index is 14.4. The van der Waals surface area contributed by atoms with Crippen molar-refractivity contribution in [2.24, 2.45) is 0 Å². The van der Waals surface area contributed by atoms with E-state index in [0.29, 0.717) is 0 Å². The third kappa shape index (κ3) is 2.99. The molecule has 23 heavy (non-hydrogen) atoms. The Bertz CT molecular complexity index is 830. The van der Waals surface area contributed by atoms with Crippen molar-refractivity contribution in [2.45, 2.75) is 0 Å². The average Bonchev–Trinajstić information content (AvgIpc) is 2.54. The highest BCUT2D eigenvalue weighted by Gasteiger charge is 2.25. The number of nitrogens with two attached hydrogens (primary N) is 2. The number of nitrogen functional groups attached to an aromatic ring is 2. The molecule has 0 unspecified atom stereocenters. The standard InChI is InChI=1S/C13H8Cl4FN3O2/c1-23-13(22)12-7(17)10(20)8(18)11(21-12)3-2-4(14)5(15)6(16)9(3)19/h2H,19H2,1H3,(H2,20,21). The number of carbonyl (C=O) groups is 1. The molecule has 0 saturated carbocycles. The number of ether oxygens (including phenoxy) is 1. The summed E-state index contributed by atoms with van der Waals surface area (Å²) in [6.07, 6.45) is 0. The highest BCUT2D eigenvalue weighted by molar-refractivity contribution is 6.49. The quantitative estimate of drug-likeness (QED) is 0.442. The van der Waals surface area contributed by atoms with Gasteiger partial charge in [0.1, 0.15) is 5.69 Å². The SMILES string of the molecule is COC(=O)c1nc(-c2cc(Cl)c(Cl)c(Cl)c2N)c(F)c(N)c1Cl. The minimum Gasteiger partial charge on any atom is -0.464 e. The number of methoxy groups -OCH3 is 1. The van der Waals surface area contributed by atoms with E-state index < -0.39 is 17.5 Å². The Morgan fingerprint density at radius 3 is 2.30 bits per heavy atom. The topological polar surface area (TPSA) is 91.2 Å². The van der Waals surface area contributed by atoms with Crippen LogP contribution in [0.4, 0.5) is 15.8 Å². The van der Waals surface area contributed by atoms with Crippen LogP contribution in [0.3, 0.4) is 0 Å². The molecule has 2 aromatic rings. The summed E-state index contributed by atoms with van der Waals surface area (Å²) in [5.41, 5.74) is 10.1. The molecule has 0 radical (unpaired) electrons. The Labute approximate surface area is 150 Å². The number of halogens is 5. The smallest absolute Gasteiger partial charge is 0.358 e. The van der Waals surface area contributed by atoms with Gasteiger partial charge in [-0.3, -0.25) is 0 Å². The van der Waals surface area contributed by atoms with Gasteiger partial charge in [-0.25, -0.2) is 14.2 Å². The zero-order valence-electron chi connectivity index (χ0n) is 11.4. The van der Waals surface area contributed by atoms with E-state index in [1.165, 1.54) is 6.07 Å². The second-order valence-corrected chi connectivity index (χ2v) is 5.83. The Balaban J connectivity index is 2.84. The van der Waals surface area contributed by atoms with Gasteiger partial charge in [0.25, 0.3) is 0 Å². The van der Waals surface area contributed by atoms with E-state index in [9.17, 15) is 9.18 Å². The van der Waals surface area contributed by atoms with Crippen molar-refractivity contribution >= 4 is 63.7 Å². The number of aromatic nitrogens is 1. The van der Waals surface area contributed by atoms with Gasteiger partial charge in [0, 0.05) is 5.56 Å². The number of hydrogen-bond donors (Lipinski definition) is 2. The normalized spacial score (nSPS) is 10.7. The van der Waals surface area contributed by atoms with E-state index in [0.717, 1.165) is 7.11 Å². The fraction of sp³-hybridized carbons (Fsp3) is 0.0769. The first-order chi connectivity index (χ1) is 10.7. The number of pyridine rings is 1. The zero-order valence-corrected chi connectivity index (χ0v) is 14.4. The molecule has 2 rings (SSSR count). The van der Waals surface area contributed by atoms with Gasteiger partial charge in [0.15, 0.2) is 11.5 Å². The van der Waals surface area contributed by atoms with E-state index in [4.69, 9.17) is 57.9 Å². The lowest BCUT2D eigenvalue weighted by molar-refractivity contribution is 0.0594. The lowest BCUT2D eigenvalue weighted by Gasteiger charge is -2.14. The fourth-order valence-corrected chi connectivity index (χ4v) is 2.59. The number of benzene rings is 1. The maximum absolute atomic E-state index is 14.4. The molecule has 0 aliphatic rings. The van der Waals surface area contributed by atoms with Crippen LogP contribution in [0.5, 0.6) is 0 Å². The number of carbonyl (C=O) groups excluding carboxylic acids is 1. The van der Waals surface area contributed by atoms with Crippen LogP contribution < -0.4 is 11.5 Å². The van der Waals surface area contributed by atoms with Crippen molar-refractivity contribution < 1.29 is 13.9 Å². The monoisotopic (exact) mass is 397 g/mol. The molecule has 0 amide bonds. The Kier molecular flexibility index (Phi) is 5.10. The van der Waals surface area contributed by atoms with E-state index in [-0.39, 0.29) is 42.7 Å². The third-order valence-corrected chi connectivity index (χ3v) is 4.61. The molecule has 1 aromatic carbocycles. The molecule has 122 valence electrons. The maximum Gasteiger partial charge on any atom is 0.358 e. The second kappa shape index (κ2) is 6.57. The molecule has 5 nitrogen and oxygen atoms in total. The summed E-state index contributed by atoms with van der Waals surface area (Å²) >= 11 is 23.6. The summed E-state index contributed by atoms with van der Waals surface area (Å²) in [4.78, 5) is 15.5. The fourth-order valence-electron chi connectivity index (χ4n) is 1.78. The molecule has 1 aromatic heterocycles. The van der Waals surface area contributed by atoms with Crippen LogP contribution in [0, 0.1) is 5.82 Å². The summed E-state index contributed by atoms with van der Waals surface area (Å²) in [6, 6.07) is 1.25. The zero-order chi connectivity index (χ0) is 17.5. The number of rotatable bonds is 2. The number of esters is 1. The molecule has 1 heterocycles. The van der Waals surface area contributed by atoms with Crippen LogP contribution in [-0.2, 0) is 4.74 Å². The Hall–Kier alpha value is -1.47. The van der Waals surface area contributed by atoms with Crippen molar-refractivity contribution in [3.8, 4) is 11.3 Å². The highest BCUT2D eigenvalue weighted by Crippen LogP contribution is 2.43. The van der Waals surface area contributed by atoms with Crippen molar-refractivity contribution in [3.63, 3.8) is 0 Å². The van der Waals surface area contributed by atoms with Gasteiger partial charge >= 0.3 is 5.97 Å². The predicted octanol–water partition coefficient (Wildman–Crippen LogP) is 4.45. The molecular formula is C13H8Cl4FN3O2. The number of nitrogens with zero attached hydrogens (tertiary/aromatic N) is 1. The minimum absolute atomic E-state index is 0.00474. The summed E-state index contributed by atoms with van der Waals surface area (Å²) in [5, 5.41) is -0.424. The Morgan fingerprint density at radius 2 is 1.74 bits per heavy atom. The number of hydrogen-bond acceptors (Lipinski definition) is 5. The van der Waals surface area contributed by atoms with Gasteiger partial charge in [-0.1, -0.05) is 46.4 Å². The van der Waals surface area contributed by atoms with Gasteiger partial charge < -0.3 is 16.2 Å². The van der Waals surface area contributed by atoms with Gasteiger partial charge in [0.05, 0.1) is 38.6 Å². The molecule has 0 atom stereocenters. The number of anilines is 2. The van der Waals surface area contributed by atoms with Gasteiger partial charge in [0.2, 0.25) is 0 Å². The molecule has 0 spiro atoms. The van der Waals surface area contributed by atoms with Gasteiger partial charge in [-0.15, -0.1) is 0 Å². The lowest BCUT2D eigenvalue weighted by atomic mass is 10.1. The van der Waals surface area contributed by atoms with Crippen LogP contribution in [0.2, 0.25) is 20.1 Å². The van der Waals surface area contributed by atoms with Crippen molar-refractivity contribution in [1.82, 2.24) is 4.98 Å². The van der Waals surface area contributed by atoms with E-state index >= 15 is 0 Å². The third-order valence-electron chi connectivity index (χ3n) is 2.95. The van der Waals surface area contributed by atoms with E-state index in [1.54, 1.807) is 0 Å². The molecule has 0 aliphatic carbocycles. The molecular weight excluding hydrogens is 391 g/mol. The van der Waals surface area contributed by atoms with E-state index in [2.05, 4.69) is 9.72 Å². The van der Waals surface area contributed by atoms with Crippen LogP contribution in [0.15, 0.2) is 6.07 Å². The van der Waals surface area contributed by atoms with Crippen LogP contribution in [-0.4, -0.2) is 18.1 Å². The second-order valence-electron chi connectivity index (χ2n) is 4.29.